The van der Waals surface area contributed by atoms with Gasteiger partial charge in [0.1, 0.15) is 6.10 Å². The molecule has 1 aliphatic heterocycles. The molecule has 21 heavy (non-hydrogen) atoms. The molecule has 0 aliphatic carbocycles. The van der Waals surface area contributed by atoms with E-state index in [-0.39, 0.29) is 16.9 Å². The van der Waals surface area contributed by atoms with Crippen molar-refractivity contribution in [2.75, 3.05) is 12.8 Å². The van der Waals surface area contributed by atoms with Gasteiger partial charge in [0.05, 0.1) is 11.0 Å². The third kappa shape index (κ3) is 4.26. The first-order valence-corrected chi connectivity index (χ1v) is 8.71. The first-order valence-electron chi connectivity index (χ1n) is 6.82. The molecule has 0 unspecified atom stereocenters. The standard InChI is InChI=1S/C14H20N2O4S/c1-21(18,19)12-5-2-10(3-6-12)9-16-14(17)13-7-4-11(8-15)20-13/h2-3,5-6,11,13H,4,7-9,15H2,1H3,(H,16,17)/t11-,13+/m1/s1. The first-order chi connectivity index (χ1) is 9.90. The summed E-state index contributed by atoms with van der Waals surface area (Å²) in [5.41, 5.74) is 6.34. The summed E-state index contributed by atoms with van der Waals surface area (Å²) in [6.45, 7) is 0.771. The average molecular weight is 312 g/mol. The quantitative estimate of drug-likeness (QED) is 0.810. The number of rotatable bonds is 5. The molecule has 116 valence electrons. The molecule has 1 amide bonds. The Morgan fingerprint density at radius 1 is 1.33 bits per heavy atom. The maximum Gasteiger partial charge on any atom is 0.249 e. The number of ether oxygens (including phenoxy) is 1. The van der Waals surface area contributed by atoms with Gasteiger partial charge in [-0.25, -0.2) is 8.42 Å². The SMILES string of the molecule is CS(=O)(=O)c1ccc(CNC(=O)[C@@H]2CC[C@H](CN)O2)cc1. The molecule has 0 saturated carbocycles. The normalized spacial score (nSPS) is 22.2. The fraction of sp³-hybridized carbons (Fsp3) is 0.500. The Labute approximate surface area is 124 Å². The Bertz CT molecular complexity index is 598. The Morgan fingerprint density at radius 3 is 2.52 bits per heavy atom. The smallest absolute Gasteiger partial charge is 0.249 e. The van der Waals surface area contributed by atoms with Gasteiger partial charge in [-0.2, -0.15) is 0 Å². The molecule has 0 aromatic heterocycles. The summed E-state index contributed by atoms with van der Waals surface area (Å²) >= 11 is 0. The Balaban J connectivity index is 1.87. The van der Waals surface area contributed by atoms with Crippen LogP contribution in [0.2, 0.25) is 0 Å². The molecule has 3 N–H and O–H groups in total. The summed E-state index contributed by atoms with van der Waals surface area (Å²) < 4.78 is 28.2. The van der Waals surface area contributed by atoms with Crippen LogP contribution in [0.5, 0.6) is 0 Å². The number of sulfone groups is 1. The minimum absolute atomic E-state index is 0.0326. The van der Waals surface area contributed by atoms with E-state index in [0.717, 1.165) is 18.2 Å². The maximum absolute atomic E-state index is 11.9. The van der Waals surface area contributed by atoms with Gasteiger partial charge in [-0.1, -0.05) is 12.1 Å². The predicted molar refractivity (Wildman–Crippen MR) is 78.3 cm³/mol. The zero-order valence-corrected chi connectivity index (χ0v) is 12.7. The second kappa shape index (κ2) is 6.55. The number of amides is 1. The molecule has 1 fully saturated rings. The third-order valence-corrected chi connectivity index (χ3v) is 4.61. The van der Waals surface area contributed by atoms with Crippen molar-refractivity contribution in [1.82, 2.24) is 5.32 Å². The maximum atomic E-state index is 11.9. The highest BCUT2D eigenvalue weighted by molar-refractivity contribution is 7.90. The van der Waals surface area contributed by atoms with Crippen molar-refractivity contribution in [3.63, 3.8) is 0 Å². The van der Waals surface area contributed by atoms with Crippen molar-refractivity contribution in [2.45, 2.75) is 36.5 Å². The summed E-state index contributed by atoms with van der Waals surface area (Å²) in [6.07, 6.45) is 2.18. The molecule has 1 saturated heterocycles. The van der Waals surface area contributed by atoms with Crippen LogP contribution < -0.4 is 11.1 Å². The van der Waals surface area contributed by atoms with Crippen molar-refractivity contribution in [3.8, 4) is 0 Å². The van der Waals surface area contributed by atoms with Crippen LogP contribution >= 0.6 is 0 Å². The first kappa shape index (κ1) is 15.9. The van der Waals surface area contributed by atoms with Crippen LogP contribution in [0.3, 0.4) is 0 Å². The molecule has 7 heteroatoms. The Hall–Kier alpha value is -1.44. The van der Waals surface area contributed by atoms with E-state index < -0.39 is 15.9 Å². The van der Waals surface area contributed by atoms with Gasteiger partial charge in [0, 0.05) is 19.3 Å². The Kier molecular flexibility index (Phi) is 4.97. The van der Waals surface area contributed by atoms with E-state index in [9.17, 15) is 13.2 Å². The van der Waals surface area contributed by atoms with Crippen LogP contribution in [0.25, 0.3) is 0 Å². The third-order valence-electron chi connectivity index (χ3n) is 3.48. The van der Waals surface area contributed by atoms with Gasteiger partial charge in [0.15, 0.2) is 9.84 Å². The summed E-state index contributed by atoms with van der Waals surface area (Å²) in [5, 5.41) is 2.79. The molecule has 1 aliphatic rings. The highest BCUT2D eigenvalue weighted by Crippen LogP contribution is 2.19. The zero-order chi connectivity index (χ0) is 15.5. The van der Waals surface area contributed by atoms with Crippen LogP contribution in [-0.4, -0.2) is 39.3 Å². The number of carbonyl (C=O) groups excluding carboxylic acids is 1. The monoisotopic (exact) mass is 312 g/mol. The van der Waals surface area contributed by atoms with Crippen molar-refractivity contribution < 1.29 is 17.9 Å². The van der Waals surface area contributed by atoms with Crippen LogP contribution in [0.15, 0.2) is 29.2 Å². The molecule has 1 aromatic carbocycles. The van der Waals surface area contributed by atoms with Gasteiger partial charge < -0.3 is 15.8 Å². The minimum Gasteiger partial charge on any atom is -0.364 e. The van der Waals surface area contributed by atoms with Gasteiger partial charge in [-0.05, 0) is 30.5 Å². The van der Waals surface area contributed by atoms with E-state index in [1.54, 1.807) is 12.1 Å². The van der Waals surface area contributed by atoms with Crippen LogP contribution in [0.1, 0.15) is 18.4 Å². The van der Waals surface area contributed by atoms with E-state index in [1.807, 2.05) is 0 Å². The van der Waals surface area contributed by atoms with Gasteiger partial charge in [-0.15, -0.1) is 0 Å². The fourth-order valence-electron chi connectivity index (χ4n) is 2.23. The zero-order valence-electron chi connectivity index (χ0n) is 11.9. The molecule has 1 aromatic rings. The van der Waals surface area contributed by atoms with E-state index >= 15 is 0 Å². The van der Waals surface area contributed by atoms with Gasteiger partial charge in [0.2, 0.25) is 5.91 Å². The van der Waals surface area contributed by atoms with Crippen molar-refractivity contribution in [1.29, 1.82) is 0 Å². The van der Waals surface area contributed by atoms with E-state index in [2.05, 4.69) is 5.32 Å². The van der Waals surface area contributed by atoms with Crippen LogP contribution in [0.4, 0.5) is 0 Å². The van der Waals surface area contributed by atoms with E-state index in [4.69, 9.17) is 10.5 Å². The lowest BCUT2D eigenvalue weighted by molar-refractivity contribution is -0.132. The number of hydrogen-bond acceptors (Lipinski definition) is 5. The molecule has 0 spiro atoms. The van der Waals surface area contributed by atoms with E-state index in [0.29, 0.717) is 19.5 Å². The number of nitrogens with two attached hydrogens (primary N) is 1. The Morgan fingerprint density at radius 2 is 2.00 bits per heavy atom. The number of carbonyl (C=O) groups is 1. The summed E-state index contributed by atoms with van der Waals surface area (Å²) in [4.78, 5) is 12.2. The molecule has 1 heterocycles. The van der Waals surface area contributed by atoms with Gasteiger partial charge in [0.25, 0.3) is 0 Å². The molecule has 0 bridgehead atoms. The van der Waals surface area contributed by atoms with Crippen molar-refractivity contribution in [3.05, 3.63) is 29.8 Å². The highest BCUT2D eigenvalue weighted by atomic mass is 32.2. The lowest BCUT2D eigenvalue weighted by Crippen LogP contribution is -2.35. The number of nitrogens with one attached hydrogen (secondary N) is 1. The molecule has 0 radical (unpaired) electrons. The second-order valence-corrected chi connectivity index (χ2v) is 7.21. The molecule has 6 nitrogen and oxygen atoms in total. The minimum atomic E-state index is -3.19. The summed E-state index contributed by atoms with van der Waals surface area (Å²) in [5.74, 6) is -0.155. The van der Waals surface area contributed by atoms with E-state index in [1.165, 1.54) is 12.1 Å². The van der Waals surface area contributed by atoms with Gasteiger partial charge in [-0.3, -0.25) is 4.79 Å². The fourth-order valence-corrected chi connectivity index (χ4v) is 2.86. The highest BCUT2D eigenvalue weighted by Gasteiger charge is 2.29. The van der Waals surface area contributed by atoms with Crippen LogP contribution in [-0.2, 0) is 25.9 Å². The predicted octanol–water partition coefficient (Wildman–Crippen LogP) is 0.213. The molecule has 2 rings (SSSR count). The van der Waals surface area contributed by atoms with Crippen molar-refractivity contribution >= 4 is 15.7 Å². The largest absolute Gasteiger partial charge is 0.364 e. The summed E-state index contributed by atoms with van der Waals surface area (Å²) in [6, 6.07) is 6.45. The summed E-state index contributed by atoms with van der Waals surface area (Å²) in [7, 11) is -3.19. The molecular weight excluding hydrogens is 292 g/mol. The van der Waals surface area contributed by atoms with Crippen LogP contribution in [0, 0.1) is 0 Å². The van der Waals surface area contributed by atoms with Gasteiger partial charge >= 0.3 is 0 Å². The number of benzene rings is 1. The van der Waals surface area contributed by atoms with Crippen molar-refractivity contribution in [2.24, 2.45) is 5.73 Å². The lowest BCUT2D eigenvalue weighted by atomic mass is 10.2. The average Bonchev–Trinajstić information content (AvgIpc) is 2.93. The lowest BCUT2D eigenvalue weighted by Gasteiger charge is -2.12. The molecule has 2 atom stereocenters. The molecular formula is C14H20N2O4S. The number of hydrogen-bond donors (Lipinski definition) is 2. The second-order valence-electron chi connectivity index (χ2n) is 5.19. The topological polar surface area (TPSA) is 98.5 Å².